The second kappa shape index (κ2) is 11.1. The van der Waals surface area contributed by atoms with Crippen molar-refractivity contribution in [2.45, 2.75) is 42.7 Å². The summed E-state index contributed by atoms with van der Waals surface area (Å²) in [6.07, 6.45) is 3.55. The van der Waals surface area contributed by atoms with Crippen LogP contribution in [-0.4, -0.2) is 60.8 Å². The maximum absolute atomic E-state index is 13.3. The van der Waals surface area contributed by atoms with E-state index in [9.17, 15) is 14.4 Å². The van der Waals surface area contributed by atoms with Gasteiger partial charge < -0.3 is 15.4 Å². The van der Waals surface area contributed by atoms with Crippen LogP contribution >= 0.6 is 11.8 Å². The number of methoxy groups -OCH3 is 1. The Balaban J connectivity index is 1.45. The molecule has 0 radical (unpaired) electrons. The van der Waals surface area contributed by atoms with Crippen molar-refractivity contribution in [3.05, 3.63) is 59.7 Å². The lowest BCUT2D eigenvalue weighted by Crippen LogP contribution is -2.46. The van der Waals surface area contributed by atoms with Crippen LogP contribution in [0.25, 0.3) is 0 Å². The Morgan fingerprint density at radius 2 is 1.83 bits per heavy atom. The van der Waals surface area contributed by atoms with E-state index in [1.807, 2.05) is 30.3 Å². The summed E-state index contributed by atoms with van der Waals surface area (Å²) in [4.78, 5) is 40.2. The van der Waals surface area contributed by atoms with E-state index < -0.39 is 11.6 Å². The van der Waals surface area contributed by atoms with Gasteiger partial charge in [0, 0.05) is 17.2 Å². The molecule has 0 spiro atoms. The molecule has 2 aromatic carbocycles. The summed E-state index contributed by atoms with van der Waals surface area (Å²) >= 11 is 1.38. The second-order valence-corrected chi connectivity index (χ2v) is 10.1. The molecule has 0 bridgehead atoms. The molecule has 2 saturated heterocycles. The Morgan fingerprint density at radius 1 is 1.11 bits per heavy atom. The van der Waals surface area contributed by atoms with Gasteiger partial charge in [-0.1, -0.05) is 30.7 Å². The highest BCUT2D eigenvalue weighted by atomic mass is 32.2. The fourth-order valence-electron chi connectivity index (χ4n) is 4.48. The third kappa shape index (κ3) is 5.97. The van der Waals surface area contributed by atoms with E-state index in [-0.39, 0.29) is 17.9 Å². The van der Waals surface area contributed by atoms with E-state index in [1.165, 1.54) is 18.2 Å². The maximum atomic E-state index is 13.3. The van der Waals surface area contributed by atoms with Crippen LogP contribution in [0.1, 0.15) is 48.1 Å². The minimum atomic E-state index is -1.01. The summed E-state index contributed by atoms with van der Waals surface area (Å²) in [5.41, 5.74) is 0.684. The third-order valence-corrected chi connectivity index (χ3v) is 7.94. The number of hydrogen-bond acceptors (Lipinski definition) is 6. The number of thioether (sulfide) groups is 1. The zero-order valence-electron chi connectivity index (χ0n) is 20.1. The van der Waals surface area contributed by atoms with Gasteiger partial charge in [0.05, 0.1) is 18.7 Å². The van der Waals surface area contributed by atoms with Crippen molar-refractivity contribution < 1.29 is 19.1 Å². The van der Waals surface area contributed by atoms with Crippen LogP contribution in [0.5, 0.6) is 5.75 Å². The molecule has 186 valence electrons. The first kappa shape index (κ1) is 25.1. The van der Waals surface area contributed by atoms with Crippen molar-refractivity contribution in [1.82, 2.24) is 20.9 Å². The Labute approximate surface area is 210 Å². The van der Waals surface area contributed by atoms with Crippen LogP contribution in [0.15, 0.2) is 53.4 Å². The molecule has 0 aliphatic carbocycles. The predicted octanol–water partition coefficient (Wildman–Crippen LogP) is 3.34. The molecule has 2 atom stereocenters. The van der Waals surface area contributed by atoms with E-state index in [0.717, 1.165) is 42.1 Å². The van der Waals surface area contributed by atoms with Crippen molar-refractivity contribution in [1.29, 1.82) is 0 Å². The van der Waals surface area contributed by atoms with Crippen LogP contribution in [0.4, 0.5) is 4.79 Å². The number of likely N-dealkylation sites (tertiary alicyclic amines) is 1. The summed E-state index contributed by atoms with van der Waals surface area (Å²) in [6.45, 7) is 4.18. The number of hydrogen-bond donors (Lipinski definition) is 3. The quantitative estimate of drug-likeness (QED) is 0.364. The highest BCUT2D eigenvalue weighted by Gasteiger charge is 2.42. The van der Waals surface area contributed by atoms with E-state index in [2.05, 4.69) is 33.0 Å². The fourth-order valence-corrected chi connectivity index (χ4v) is 5.62. The lowest BCUT2D eigenvalue weighted by atomic mass is 10.0. The largest absolute Gasteiger partial charge is 0.497 e. The molecule has 9 heteroatoms. The van der Waals surface area contributed by atoms with Gasteiger partial charge in [0.25, 0.3) is 11.8 Å². The van der Waals surface area contributed by atoms with Crippen LogP contribution in [0.2, 0.25) is 0 Å². The number of ether oxygens (including phenoxy) is 1. The average molecular weight is 497 g/mol. The van der Waals surface area contributed by atoms with Crippen molar-refractivity contribution in [3.63, 3.8) is 0 Å². The molecule has 3 N–H and O–H groups in total. The zero-order chi connectivity index (χ0) is 24.8. The normalized spacial score (nSPS) is 21.2. The Bertz CT molecular complexity index is 1070. The Morgan fingerprint density at radius 3 is 2.49 bits per heavy atom. The molecule has 0 saturated carbocycles. The molecule has 2 aliphatic rings. The number of nitrogens with zero attached hydrogens (tertiary/aromatic N) is 1. The Kier molecular flexibility index (Phi) is 7.97. The van der Waals surface area contributed by atoms with Crippen LogP contribution in [0, 0.1) is 0 Å². The monoisotopic (exact) mass is 496 g/mol. The molecule has 4 amide bonds. The zero-order valence-corrected chi connectivity index (χ0v) is 21.0. The Hall–Kier alpha value is -3.04. The van der Waals surface area contributed by atoms with Crippen molar-refractivity contribution in [2.75, 3.05) is 32.5 Å². The van der Waals surface area contributed by atoms with Gasteiger partial charge in [-0.15, -0.1) is 11.8 Å². The molecule has 2 aromatic rings. The summed E-state index contributed by atoms with van der Waals surface area (Å²) in [6, 6.07) is 15.0. The SMILES string of the molecule is COc1ccc([C@@H](CNC(=O)c2ccccc2SC[C@@]2(C)NC(=O)NC2=O)N2CCCCC2)cc1. The number of piperidine rings is 1. The number of carbonyl (C=O) groups excluding carboxylic acids is 3. The van der Waals surface area contributed by atoms with Gasteiger partial charge in [-0.25, -0.2) is 4.79 Å². The lowest BCUT2D eigenvalue weighted by molar-refractivity contribution is -0.122. The third-order valence-electron chi connectivity index (χ3n) is 6.55. The molecular formula is C26H32N4O4S. The second-order valence-electron chi connectivity index (χ2n) is 9.12. The minimum Gasteiger partial charge on any atom is -0.497 e. The summed E-state index contributed by atoms with van der Waals surface area (Å²) in [5.74, 6) is 0.605. The van der Waals surface area contributed by atoms with Crippen LogP contribution < -0.4 is 20.7 Å². The van der Waals surface area contributed by atoms with Crippen molar-refractivity contribution >= 4 is 29.6 Å². The first-order chi connectivity index (χ1) is 16.9. The van der Waals surface area contributed by atoms with Crippen LogP contribution in [-0.2, 0) is 4.79 Å². The molecule has 0 unspecified atom stereocenters. The van der Waals surface area contributed by atoms with E-state index in [4.69, 9.17) is 4.74 Å². The van der Waals surface area contributed by atoms with Crippen molar-refractivity contribution in [2.24, 2.45) is 0 Å². The highest BCUT2D eigenvalue weighted by molar-refractivity contribution is 7.99. The predicted molar refractivity (Wildman–Crippen MR) is 136 cm³/mol. The number of amides is 4. The van der Waals surface area contributed by atoms with Gasteiger partial charge in [-0.3, -0.25) is 19.8 Å². The number of urea groups is 1. The molecular weight excluding hydrogens is 464 g/mol. The maximum Gasteiger partial charge on any atom is 0.322 e. The first-order valence-electron chi connectivity index (χ1n) is 11.9. The topological polar surface area (TPSA) is 99.8 Å². The molecule has 2 heterocycles. The average Bonchev–Trinajstić information content (AvgIpc) is 3.15. The standard InChI is InChI=1S/C26H32N4O4S/c1-26(24(32)28-25(33)29-26)17-35-22-9-5-4-8-20(22)23(31)27-16-21(30-14-6-3-7-15-30)18-10-12-19(34-2)13-11-18/h4-5,8-13,21H,3,6-7,14-17H2,1-2H3,(H,27,31)(H2,28,29,32,33)/t21-,26-/m1/s1. The number of imide groups is 1. The van der Waals surface area contributed by atoms with Crippen LogP contribution in [0.3, 0.4) is 0 Å². The molecule has 0 aromatic heterocycles. The van der Waals surface area contributed by atoms with E-state index in [1.54, 1.807) is 20.1 Å². The number of benzene rings is 2. The number of nitrogens with one attached hydrogen (secondary N) is 3. The summed E-state index contributed by atoms with van der Waals surface area (Å²) in [7, 11) is 1.65. The lowest BCUT2D eigenvalue weighted by Gasteiger charge is -2.35. The molecule has 2 fully saturated rings. The van der Waals surface area contributed by atoms with Gasteiger partial charge in [0.2, 0.25) is 0 Å². The van der Waals surface area contributed by atoms with Gasteiger partial charge >= 0.3 is 6.03 Å². The van der Waals surface area contributed by atoms with E-state index >= 15 is 0 Å². The molecule has 2 aliphatic heterocycles. The van der Waals surface area contributed by atoms with Gasteiger partial charge in [-0.2, -0.15) is 0 Å². The number of rotatable bonds is 9. The highest BCUT2D eigenvalue weighted by Crippen LogP contribution is 2.29. The van der Waals surface area contributed by atoms with Gasteiger partial charge in [-0.05, 0) is 62.7 Å². The molecule has 35 heavy (non-hydrogen) atoms. The minimum absolute atomic E-state index is 0.0706. The van der Waals surface area contributed by atoms with Gasteiger partial charge in [0.15, 0.2) is 0 Å². The summed E-state index contributed by atoms with van der Waals surface area (Å²) < 4.78 is 5.31. The van der Waals surface area contributed by atoms with Gasteiger partial charge in [0.1, 0.15) is 11.3 Å². The van der Waals surface area contributed by atoms with E-state index in [0.29, 0.717) is 17.9 Å². The fraction of sp³-hybridized carbons (Fsp3) is 0.423. The first-order valence-corrected chi connectivity index (χ1v) is 12.9. The molecule has 8 nitrogen and oxygen atoms in total. The number of carbonyl (C=O) groups is 3. The smallest absolute Gasteiger partial charge is 0.322 e. The van der Waals surface area contributed by atoms with Crippen molar-refractivity contribution in [3.8, 4) is 5.75 Å². The molecule has 4 rings (SSSR count). The summed E-state index contributed by atoms with van der Waals surface area (Å²) in [5, 5.41) is 8.08.